The minimum Gasteiger partial charge on any atom is -0.497 e. The van der Waals surface area contributed by atoms with Gasteiger partial charge in [0.25, 0.3) is 0 Å². The molecule has 0 aliphatic rings. The highest BCUT2D eigenvalue weighted by Gasteiger charge is 2.25. The van der Waals surface area contributed by atoms with E-state index < -0.39 is 22.0 Å². The van der Waals surface area contributed by atoms with Crippen LogP contribution in [-0.4, -0.2) is 32.3 Å². The van der Waals surface area contributed by atoms with Crippen LogP contribution in [0.1, 0.15) is 29.1 Å². The van der Waals surface area contributed by atoms with E-state index in [2.05, 4.69) is 14.7 Å². The van der Waals surface area contributed by atoms with E-state index in [0.717, 1.165) is 15.8 Å². The third-order valence-electron chi connectivity index (χ3n) is 5.22. The lowest BCUT2D eigenvalue weighted by Gasteiger charge is -2.17. The Bertz CT molecular complexity index is 1500. The third kappa shape index (κ3) is 6.06. The predicted octanol–water partition coefficient (Wildman–Crippen LogP) is 3.75. The molecule has 9 nitrogen and oxygen atoms in total. The SMILES string of the molecule is COc1ccc2nc([C@H](Cc3ccc(C(N)=NOC(C)=O)cc3)NS(=O)(=O)c3ccccc3)sc2c1. The van der Waals surface area contributed by atoms with E-state index in [4.69, 9.17) is 15.5 Å². The average Bonchev–Trinajstić information content (AvgIpc) is 3.31. The van der Waals surface area contributed by atoms with E-state index in [0.29, 0.717) is 22.7 Å². The van der Waals surface area contributed by atoms with E-state index in [-0.39, 0.29) is 10.7 Å². The Balaban J connectivity index is 1.65. The fourth-order valence-corrected chi connectivity index (χ4v) is 5.79. The molecular formula is C25H24N4O5S2. The molecule has 3 aromatic carbocycles. The van der Waals surface area contributed by atoms with Gasteiger partial charge in [0.2, 0.25) is 10.0 Å². The first kappa shape index (κ1) is 25.3. The number of rotatable bonds is 9. The highest BCUT2D eigenvalue weighted by atomic mass is 32.2. The molecule has 11 heteroatoms. The second kappa shape index (κ2) is 10.9. The Labute approximate surface area is 212 Å². The van der Waals surface area contributed by atoms with Gasteiger partial charge >= 0.3 is 5.97 Å². The number of thiazole rings is 1. The molecule has 1 heterocycles. The second-order valence-corrected chi connectivity index (χ2v) is 10.6. The number of aromatic nitrogens is 1. The van der Waals surface area contributed by atoms with Crippen molar-refractivity contribution in [3.63, 3.8) is 0 Å². The number of methoxy groups -OCH3 is 1. The van der Waals surface area contributed by atoms with Crippen molar-refractivity contribution in [1.29, 1.82) is 0 Å². The number of oxime groups is 1. The highest BCUT2D eigenvalue weighted by molar-refractivity contribution is 7.89. The summed E-state index contributed by atoms with van der Waals surface area (Å²) in [6.45, 7) is 1.23. The van der Waals surface area contributed by atoms with Crippen LogP contribution in [0.4, 0.5) is 0 Å². The number of nitrogens with zero attached hydrogens (tertiary/aromatic N) is 2. The zero-order chi connectivity index (χ0) is 25.7. The summed E-state index contributed by atoms with van der Waals surface area (Å²) in [6.07, 6.45) is 0.338. The maximum absolute atomic E-state index is 13.2. The summed E-state index contributed by atoms with van der Waals surface area (Å²) in [4.78, 5) is 20.4. The summed E-state index contributed by atoms with van der Waals surface area (Å²) >= 11 is 1.40. The molecule has 0 radical (unpaired) electrons. The maximum Gasteiger partial charge on any atom is 0.332 e. The third-order valence-corrected chi connectivity index (χ3v) is 7.84. The van der Waals surface area contributed by atoms with Crippen LogP contribution < -0.4 is 15.2 Å². The summed E-state index contributed by atoms with van der Waals surface area (Å²) in [5.74, 6) is 0.178. The number of fused-ring (bicyclic) bond motifs is 1. The van der Waals surface area contributed by atoms with Gasteiger partial charge in [0.1, 0.15) is 10.8 Å². The van der Waals surface area contributed by atoms with Crippen molar-refractivity contribution in [3.8, 4) is 5.75 Å². The zero-order valence-electron chi connectivity index (χ0n) is 19.5. The predicted molar refractivity (Wildman–Crippen MR) is 138 cm³/mol. The van der Waals surface area contributed by atoms with E-state index >= 15 is 0 Å². The first-order chi connectivity index (χ1) is 17.2. The second-order valence-electron chi connectivity index (χ2n) is 7.83. The molecule has 36 heavy (non-hydrogen) atoms. The van der Waals surface area contributed by atoms with Gasteiger partial charge in [-0.05, 0) is 42.3 Å². The van der Waals surface area contributed by atoms with Gasteiger partial charge in [-0.15, -0.1) is 11.3 Å². The van der Waals surface area contributed by atoms with E-state index in [1.807, 2.05) is 30.3 Å². The minimum atomic E-state index is -3.81. The molecule has 0 fully saturated rings. The van der Waals surface area contributed by atoms with Crippen LogP contribution in [0.3, 0.4) is 0 Å². The largest absolute Gasteiger partial charge is 0.497 e. The van der Waals surface area contributed by atoms with Crippen LogP contribution in [0, 0.1) is 0 Å². The van der Waals surface area contributed by atoms with Crippen molar-refractivity contribution in [3.05, 3.63) is 88.9 Å². The monoisotopic (exact) mass is 524 g/mol. The number of hydrogen-bond donors (Lipinski definition) is 2. The number of carbonyl (C=O) groups excluding carboxylic acids is 1. The molecule has 1 aromatic heterocycles. The van der Waals surface area contributed by atoms with Gasteiger partial charge in [-0.3, -0.25) is 0 Å². The quantitative estimate of drug-likeness (QED) is 0.147. The van der Waals surface area contributed by atoms with Gasteiger partial charge in [0.05, 0.1) is 28.3 Å². The fraction of sp³-hybridized carbons (Fsp3) is 0.160. The Morgan fingerprint density at radius 1 is 1.11 bits per heavy atom. The molecule has 1 atom stereocenters. The Morgan fingerprint density at radius 3 is 2.50 bits per heavy atom. The lowest BCUT2D eigenvalue weighted by molar-refractivity contribution is -0.140. The van der Waals surface area contributed by atoms with Gasteiger partial charge in [0.15, 0.2) is 5.84 Å². The van der Waals surface area contributed by atoms with Crippen LogP contribution >= 0.6 is 11.3 Å². The number of amidine groups is 1. The topological polar surface area (TPSA) is 133 Å². The summed E-state index contributed by atoms with van der Waals surface area (Å²) in [5, 5.41) is 4.21. The number of carbonyl (C=O) groups is 1. The zero-order valence-corrected chi connectivity index (χ0v) is 21.2. The van der Waals surface area contributed by atoms with Gasteiger partial charge < -0.3 is 15.3 Å². The Morgan fingerprint density at radius 2 is 1.83 bits per heavy atom. The van der Waals surface area contributed by atoms with E-state index in [9.17, 15) is 13.2 Å². The van der Waals surface area contributed by atoms with Crippen molar-refractivity contribution in [1.82, 2.24) is 9.71 Å². The Hall–Kier alpha value is -3.80. The average molecular weight is 525 g/mol. The fourth-order valence-electron chi connectivity index (χ4n) is 3.45. The van der Waals surface area contributed by atoms with E-state index in [1.54, 1.807) is 49.6 Å². The first-order valence-corrected chi connectivity index (χ1v) is 13.2. The van der Waals surface area contributed by atoms with Crippen molar-refractivity contribution < 1.29 is 22.8 Å². The number of sulfonamides is 1. The van der Waals surface area contributed by atoms with Crippen molar-refractivity contribution >= 4 is 43.4 Å². The van der Waals surface area contributed by atoms with Gasteiger partial charge in [-0.25, -0.2) is 22.9 Å². The van der Waals surface area contributed by atoms with E-state index in [1.165, 1.54) is 18.3 Å². The number of hydrogen-bond acceptors (Lipinski definition) is 8. The summed E-state index contributed by atoms with van der Waals surface area (Å²) < 4.78 is 35.3. The minimum absolute atomic E-state index is 0.0539. The molecule has 186 valence electrons. The molecule has 4 rings (SSSR count). The standard InChI is InChI=1S/C25H24N4O5S2/c1-16(30)34-28-24(26)18-10-8-17(9-11-18)14-22(29-36(31,32)20-6-4-3-5-7-20)25-27-21-13-12-19(33-2)15-23(21)35-25/h3-13,15,22,29H,14H2,1-2H3,(H2,26,28)/t22-/m0/s1. The van der Waals surface area contributed by atoms with Gasteiger partial charge in [0, 0.05) is 12.5 Å². The number of benzene rings is 3. The lowest BCUT2D eigenvalue weighted by Crippen LogP contribution is -2.30. The molecule has 0 saturated heterocycles. The molecule has 0 aliphatic carbocycles. The first-order valence-electron chi connectivity index (χ1n) is 10.9. The van der Waals surface area contributed by atoms with Crippen molar-refractivity contribution in [2.75, 3.05) is 7.11 Å². The van der Waals surface area contributed by atoms with Crippen LogP contribution in [-0.2, 0) is 26.1 Å². The number of nitrogens with two attached hydrogens (primary N) is 1. The van der Waals surface area contributed by atoms with Crippen LogP contribution in [0.25, 0.3) is 10.2 Å². The number of ether oxygens (including phenoxy) is 1. The van der Waals surface area contributed by atoms with Crippen LogP contribution in [0.15, 0.2) is 82.8 Å². The van der Waals surface area contributed by atoms with Crippen molar-refractivity contribution in [2.45, 2.75) is 24.3 Å². The van der Waals surface area contributed by atoms with Crippen LogP contribution in [0.2, 0.25) is 0 Å². The maximum atomic E-state index is 13.2. The molecule has 4 aromatic rings. The number of nitrogens with one attached hydrogen (secondary N) is 1. The molecule has 0 bridgehead atoms. The lowest BCUT2D eigenvalue weighted by atomic mass is 10.0. The van der Waals surface area contributed by atoms with Crippen LogP contribution in [0.5, 0.6) is 5.75 Å². The molecule has 0 saturated carbocycles. The molecule has 3 N–H and O–H groups in total. The summed E-state index contributed by atoms with van der Waals surface area (Å²) in [6, 6.07) is 20.2. The molecule has 0 spiro atoms. The molecule has 0 amide bonds. The Kier molecular flexibility index (Phi) is 7.63. The van der Waals surface area contributed by atoms with Crippen molar-refractivity contribution in [2.24, 2.45) is 10.9 Å². The summed E-state index contributed by atoms with van der Waals surface area (Å²) in [5.41, 5.74) is 8.02. The summed E-state index contributed by atoms with van der Waals surface area (Å²) in [7, 11) is -2.22. The van der Waals surface area contributed by atoms with Gasteiger partial charge in [-0.2, -0.15) is 0 Å². The molecular weight excluding hydrogens is 500 g/mol. The smallest absolute Gasteiger partial charge is 0.332 e. The molecule has 0 aliphatic heterocycles. The molecule has 0 unspecified atom stereocenters. The normalized spacial score (nSPS) is 12.9. The highest BCUT2D eigenvalue weighted by Crippen LogP contribution is 2.32. The van der Waals surface area contributed by atoms with Gasteiger partial charge in [-0.1, -0.05) is 47.6 Å².